The van der Waals surface area contributed by atoms with Crippen molar-refractivity contribution in [2.45, 2.75) is 44.2 Å². The summed E-state index contributed by atoms with van der Waals surface area (Å²) in [5, 5.41) is 22.5. The molecule has 1 aromatic carbocycles. The van der Waals surface area contributed by atoms with Gasteiger partial charge >= 0.3 is 0 Å². The van der Waals surface area contributed by atoms with Crippen LogP contribution in [0.3, 0.4) is 0 Å². The molecule has 26 heavy (non-hydrogen) atoms. The van der Waals surface area contributed by atoms with Crippen LogP contribution in [-0.4, -0.2) is 68.0 Å². The van der Waals surface area contributed by atoms with E-state index in [1.54, 1.807) is 0 Å². The predicted octanol–water partition coefficient (Wildman–Crippen LogP) is -0.869. The number of aliphatic hydroxyl groups is 2. The molecule has 9 nitrogen and oxygen atoms in total. The second kappa shape index (κ2) is 8.89. The van der Waals surface area contributed by atoms with E-state index in [-0.39, 0.29) is 6.61 Å². The van der Waals surface area contributed by atoms with E-state index in [2.05, 4.69) is 5.32 Å². The zero-order chi connectivity index (χ0) is 19.3. The molecule has 0 saturated carbocycles. The molecule has 1 amide bonds. The minimum atomic E-state index is -3.93. The third-order valence-electron chi connectivity index (χ3n) is 3.77. The summed E-state index contributed by atoms with van der Waals surface area (Å²) in [6.07, 6.45) is -4.29. The van der Waals surface area contributed by atoms with Gasteiger partial charge in [0, 0.05) is 6.92 Å². The fraction of sp³-hybridized carbons (Fsp3) is 0.562. The second-order valence-electron chi connectivity index (χ2n) is 6.00. The van der Waals surface area contributed by atoms with Gasteiger partial charge in [0.2, 0.25) is 5.91 Å². The van der Waals surface area contributed by atoms with Crippen molar-refractivity contribution < 1.29 is 37.1 Å². The van der Waals surface area contributed by atoms with Crippen LogP contribution in [0.2, 0.25) is 0 Å². The largest absolute Gasteiger partial charge is 0.394 e. The Morgan fingerprint density at radius 3 is 2.50 bits per heavy atom. The number of rotatable bonds is 7. The Bertz CT molecular complexity index is 695. The lowest BCUT2D eigenvalue weighted by molar-refractivity contribution is -0.268. The molecule has 0 bridgehead atoms. The van der Waals surface area contributed by atoms with Gasteiger partial charge in [0.05, 0.1) is 19.5 Å². The highest BCUT2D eigenvalue weighted by Gasteiger charge is 2.48. The number of hydrogen-bond acceptors (Lipinski definition) is 8. The molecule has 3 N–H and O–H groups in total. The topological polar surface area (TPSA) is 131 Å². The van der Waals surface area contributed by atoms with Crippen LogP contribution in [0.4, 0.5) is 0 Å². The van der Waals surface area contributed by atoms with E-state index in [0.717, 1.165) is 11.8 Å². The summed E-state index contributed by atoms with van der Waals surface area (Å²) in [7, 11) is -3.93. The van der Waals surface area contributed by atoms with Gasteiger partial charge in [-0.05, 0) is 5.56 Å². The van der Waals surface area contributed by atoms with Gasteiger partial charge in [0.15, 0.2) is 6.29 Å². The highest BCUT2D eigenvalue weighted by Crippen LogP contribution is 2.26. The summed E-state index contributed by atoms with van der Waals surface area (Å²) in [4.78, 5) is 11.5. The molecule has 0 aliphatic carbocycles. The zero-order valence-electron chi connectivity index (χ0n) is 14.4. The molecule has 0 spiro atoms. The maximum Gasteiger partial charge on any atom is 0.264 e. The number of benzene rings is 1. The summed E-state index contributed by atoms with van der Waals surface area (Å²) in [5.41, 5.74) is 0.835. The molecule has 0 radical (unpaired) electrons. The van der Waals surface area contributed by atoms with Gasteiger partial charge in [-0.3, -0.25) is 8.98 Å². The first kappa shape index (κ1) is 20.7. The van der Waals surface area contributed by atoms with Crippen LogP contribution in [0, 0.1) is 0 Å². The third-order valence-corrected chi connectivity index (χ3v) is 4.34. The summed E-state index contributed by atoms with van der Waals surface area (Å²) in [5.74, 6) is -0.466. The SMILES string of the molecule is CC(=O)N[C@@H]1[C@H](OCc2ccccc2)O[C@@H](CO)[C@@H](OS(C)(=O)=O)[C@H]1O. The van der Waals surface area contributed by atoms with E-state index < -0.39 is 53.3 Å². The van der Waals surface area contributed by atoms with Crippen molar-refractivity contribution in [1.82, 2.24) is 5.32 Å². The van der Waals surface area contributed by atoms with Crippen LogP contribution in [-0.2, 0) is 35.2 Å². The number of carbonyl (C=O) groups is 1. The Kier molecular flexibility index (Phi) is 7.09. The van der Waals surface area contributed by atoms with Crippen molar-refractivity contribution in [3.8, 4) is 0 Å². The van der Waals surface area contributed by atoms with Gasteiger partial charge < -0.3 is 25.0 Å². The number of ether oxygens (including phenoxy) is 2. The van der Waals surface area contributed by atoms with E-state index in [9.17, 15) is 23.4 Å². The maximum atomic E-state index is 11.5. The molecule has 1 aromatic rings. The molecule has 1 heterocycles. The van der Waals surface area contributed by atoms with Crippen molar-refractivity contribution in [2.24, 2.45) is 0 Å². The summed E-state index contributed by atoms with van der Waals surface area (Å²) in [6.45, 7) is 0.769. The maximum absolute atomic E-state index is 11.5. The standard InChI is InChI=1S/C16H23NO8S/c1-10(19)17-13-14(20)15(25-26(2,21)22)12(8-18)24-16(13)23-9-11-6-4-3-5-7-11/h3-7,12-16,18,20H,8-9H2,1-2H3,(H,17,19)/t12-,13-,14-,15+,16+/m0/s1. The summed E-state index contributed by atoms with van der Waals surface area (Å²) >= 11 is 0. The normalized spacial score (nSPS) is 29.3. The second-order valence-corrected chi connectivity index (χ2v) is 7.60. The van der Waals surface area contributed by atoms with Crippen molar-refractivity contribution >= 4 is 16.0 Å². The molecule has 1 aliphatic heterocycles. The first-order valence-corrected chi connectivity index (χ1v) is 9.78. The van der Waals surface area contributed by atoms with Gasteiger partial charge in [0.1, 0.15) is 24.4 Å². The van der Waals surface area contributed by atoms with E-state index in [1.165, 1.54) is 6.92 Å². The molecular weight excluding hydrogens is 366 g/mol. The fourth-order valence-corrected chi connectivity index (χ4v) is 3.31. The predicted molar refractivity (Wildman–Crippen MR) is 90.3 cm³/mol. The van der Waals surface area contributed by atoms with E-state index in [4.69, 9.17) is 13.7 Å². The average Bonchev–Trinajstić information content (AvgIpc) is 2.57. The molecule has 1 aliphatic rings. The number of amides is 1. The summed E-state index contributed by atoms with van der Waals surface area (Å²) in [6, 6.07) is 8.07. The highest BCUT2D eigenvalue weighted by molar-refractivity contribution is 7.86. The van der Waals surface area contributed by atoms with E-state index in [0.29, 0.717) is 0 Å². The summed E-state index contributed by atoms with van der Waals surface area (Å²) < 4.78 is 38.9. The Labute approximate surface area is 152 Å². The van der Waals surface area contributed by atoms with Crippen LogP contribution in [0.25, 0.3) is 0 Å². The molecule has 146 valence electrons. The van der Waals surface area contributed by atoms with E-state index in [1.807, 2.05) is 30.3 Å². The lowest BCUT2D eigenvalue weighted by Gasteiger charge is -2.43. The molecular formula is C16H23NO8S. The third kappa shape index (κ3) is 5.73. The number of aliphatic hydroxyl groups excluding tert-OH is 2. The molecule has 2 rings (SSSR count). The van der Waals surface area contributed by atoms with E-state index >= 15 is 0 Å². The molecule has 1 fully saturated rings. The molecule has 1 saturated heterocycles. The van der Waals surface area contributed by atoms with Crippen molar-refractivity contribution in [3.05, 3.63) is 35.9 Å². The lowest BCUT2D eigenvalue weighted by Crippen LogP contribution is -2.65. The van der Waals surface area contributed by atoms with Crippen molar-refractivity contribution in [2.75, 3.05) is 12.9 Å². The average molecular weight is 389 g/mol. The van der Waals surface area contributed by atoms with Crippen LogP contribution in [0.15, 0.2) is 30.3 Å². The van der Waals surface area contributed by atoms with Crippen LogP contribution in [0.5, 0.6) is 0 Å². The first-order valence-electron chi connectivity index (χ1n) is 7.96. The van der Waals surface area contributed by atoms with Crippen molar-refractivity contribution in [3.63, 3.8) is 0 Å². The van der Waals surface area contributed by atoms with Crippen LogP contribution in [0.1, 0.15) is 12.5 Å². The van der Waals surface area contributed by atoms with Gasteiger partial charge in [-0.2, -0.15) is 8.42 Å². The molecule has 0 unspecified atom stereocenters. The molecule has 5 atom stereocenters. The van der Waals surface area contributed by atoms with Gasteiger partial charge in [-0.1, -0.05) is 30.3 Å². The number of carbonyl (C=O) groups excluding carboxylic acids is 1. The van der Waals surface area contributed by atoms with Gasteiger partial charge in [0.25, 0.3) is 10.1 Å². The quantitative estimate of drug-likeness (QED) is 0.513. The Hall–Kier alpha value is -1.56. The van der Waals surface area contributed by atoms with Crippen molar-refractivity contribution in [1.29, 1.82) is 0 Å². The van der Waals surface area contributed by atoms with Gasteiger partial charge in [-0.25, -0.2) is 0 Å². The monoisotopic (exact) mass is 389 g/mol. The lowest BCUT2D eigenvalue weighted by atomic mass is 9.97. The fourth-order valence-electron chi connectivity index (χ4n) is 2.67. The Morgan fingerprint density at radius 2 is 1.96 bits per heavy atom. The minimum Gasteiger partial charge on any atom is -0.394 e. The Balaban J connectivity index is 2.18. The zero-order valence-corrected chi connectivity index (χ0v) is 15.3. The minimum absolute atomic E-state index is 0.129. The molecule has 0 aromatic heterocycles. The number of hydrogen-bond donors (Lipinski definition) is 3. The number of nitrogens with one attached hydrogen (secondary N) is 1. The van der Waals surface area contributed by atoms with Crippen LogP contribution >= 0.6 is 0 Å². The Morgan fingerprint density at radius 1 is 1.31 bits per heavy atom. The smallest absolute Gasteiger partial charge is 0.264 e. The highest BCUT2D eigenvalue weighted by atomic mass is 32.2. The molecule has 10 heteroatoms. The first-order chi connectivity index (χ1) is 12.2. The van der Waals surface area contributed by atoms with Gasteiger partial charge in [-0.15, -0.1) is 0 Å². The van der Waals surface area contributed by atoms with Crippen LogP contribution < -0.4 is 5.32 Å².